The fourth-order valence-electron chi connectivity index (χ4n) is 5.62. The fraction of sp³-hybridized carbons (Fsp3) is 0.632. The Balaban J connectivity index is 1.33. The molecule has 4 bridgehead atoms. The minimum Gasteiger partial charge on any atom is -0.452 e. The highest BCUT2D eigenvalue weighted by Gasteiger charge is 2.60. The van der Waals surface area contributed by atoms with Crippen LogP contribution in [-0.4, -0.2) is 20.5 Å². The van der Waals surface area contributed by atoms with Crippen molar-refractivity contribution in [3.8, 4) is 10.8 Å². The SMILES string of the molecule is CC(OC(=O)C12CC3CC(CC(Br)(C3)C1)C2)c1nnc(-c2cccs2)o1. The molecule has 0 spiro atoms. The number of rotatable bonds is 4. The molecule has 0 saturated heterocycles. The number of esters is 1. The Morgan fingerprint density at radius 2 is 2.12 bits per heavy atom. The molecule has 26 heavy (non-hydrogen) atoms. The van der Waals surface area contributed by atoms with E-state index in [1.807, 2.05) is 24.4 Å². The zero-order chi connectivity index (χ0) is 17.9. The lowest BCUT2D eigenvalue weighted by Crippen LogP contribution is -2.56. The Labute approximate surface area is 164 Å². The Hall–Kier alpha value is -1.21. The summed E-state index contributed by atoms with van der Waals surface area (Å²) in [6, 6.07) is 3.87. The average molecular weight is 437 g/mol. The van der Waals surface area contributed by atoms with E-state index in [0.717, 1.165) is 24.1 Å². The molecular formula is C19H21BrN2O3S. The molecule has 3 unspecified atom stereocenters. The lowest BCUT2D eigenvalue weighted by Gasteiger charge is -2.58. The Morgan fingerprint density at radius 3 is 2.77 bits per heavy atom. The first kappa shape index (κ1) is 16.9. The molecule has 0 N–H and O–H groups in total. The maximum absolute atomic E-state index is 13.1. The van der Waals surface area contributed by atoms with Gasteiger partial charge in [0.05, 0.1) is 10.3 Å². The minimum atomic E-state index is -0.525. The van der Waals surface area contributed by atoms with Gasteiger partial charge in [-0.3, -0.25) is 4.79 Å². The lowest BCUT2D eigenvalue weighted by atomic mass is 9.49. The molecule has 0 aromatic carbocycles. The van der Waals surface area contributed by atoms with Crippen LogP contribution in [0.4, 0.5) is 0 Å². The van der Waals surface area contributed by atoms with E-state index >= 15 is 0 Å². The number of halogens is 1. The van der Waals surface area contributed by atoms with Gasteiger partial charge in [-0.1, -0.05) is 22.0 Å². The first-order valence-corrected chi connectivity index (χ1v) is 10.9. The zero-order valence-corrected chi connectivity index (χ0v) is 17.0. The summed E-state index contributed by atoms with van der Waals surface area (Å²) in [5.74, 6) is 2.05. The third-order valence-electron chi connectivity index (χ3n) is 6.23. The number of hydrogen-bond donors (Lipinski definition) is 0. The molecule has 2 aromatic rings. The van der Waals surface area contributed by atoms with Gasteiger partial charge in [0.1, 0.15) is 0 Å². The van der Waals surface area contributed by atoms with Gasteiger partial charge in [-0.15, -0.1) is 21.5 Å². The predicted molar refractivity (Wildman–Crippen MR) is 101 cm³/mol. The van der Waals surface area contributed by atoms with Crippen LogP contribution in [-0.2, 0) is 9.53 Å². The van der Waals surface area contributed by atoms with Crippen molar-refractivity contribution in [3.05, 3.63) is 23.4 Å². The van der Waals surface area contributed by atoms with Crippen molar-refractivity contribution >= 4 is 33.2 Å². The summed E-state index contributed by atoms with van der Waals surface area (Å²) in [6.45, 7) is 1.81. The second-order valence-electron chi connectivity index (χ2n) is 8.36. The van der Waals surface area contributed by atoms with Crippen molar-refractivity contribution in [1.29, 1.82) is 0 Å². The van der Waals surface area contributed by atoms with E-state index in [9.17, 15) is 4.79 Å². The van der Waals surface area contributed by atoms with Crippen LogP contribution in [0.3, 0.4) is 0 Å². The van der Waals surface area contributed by atoms with Gasteiger partial charge in [0.25, 0.3) is 11.8 Å². The third kappa shape index (κ3) is 2.74. The van der Waals surface area contributed by atoms with Crippen molar-refractivity contribution in [2.45, 2.75) is 55.9 Å². The standard InChI is InChI=1S/C19H21BrN2O3S/c1-11(15-21-22-16(25-15)14-3-2-4-26-14)24-17(23)18-6-12-5-13(7-18)9-19(20,8-12)10-18/h2-4,11-13H,5-10H2,1H3. The molecule has 0 amide bonds. The van der Waals surface area contributed by atoms with Crippen LogP contribution in [0.1, 0.15) is 57.4 Å². The highest BCUT2D eigenvalue weighted by atomic mass is 79.9. The van der Waals surface area contributed by atoms with E-state index < -0.39 is 6.10 Å². The molecule has 4 fully saturated rings. The highest BCUT2D eigenvalue weighted by molar-refractivity contribution is 9.10. The van der Waals surface area contributed by atoms with Crippen molar-refractivity contribution in [2.75, 3.05) is 0 Å². The van der Waals surface area contributed by atoms with Crippen LogP contribution < -0.4 is 0 Å². The maximum Gasteiger partial charge on any atom is 0.312 e. The molecule has 7 heteroatoms. The molecular weight excluding hydrogens is 416 g/mol. The van der Waals surface area contributed by atoms with Gasteiger partial charge < -0.3 is 9.15 Å². The molecule has 138 valence electrons. The van der Waals surface area contributed by atoms with Crippen LogP contribution in [0.15, 0.2) is 21.9 Å². The van der Waals surface area contributed by atoms with Crippen molar-refractivity contribution < 1.29 is 13.9 Å². The molecule has 2 aromatic heterocycles. The summed E-state index contributed by atoms with van der Waals surface area (Å²) in [5.41, 5.74) is -0.335. The van der Waals surface area contributed by atoms with E-state index in [2.05, 4.69) is 26.1 Å². The number of aromatic nitrogens is 2. The van der Waals surface area contributed by atoms with E-state index in [4.69, 9.17) is 9.15 Å². The number of nitrogens with zero attached hydrogens (tertiary/aromatic N) is 2. The summed E-state index contributed by atoms with van der Waals surface area (Å²) < 4.78 is 11.7. The van der Waals surface area contributed by atoms with Gasteiger partial charge in [-0.25, -0.2) is 0 Å². The van der Waals surface area contributed by atoms with Crippen LogP contribution in [0, 0.1) is 17.3 Å². The summed E-state index contributed by atoms with van der Waals surface area (Å²) in [5, 5.41) is 10.1. The minimum absolute atomic E-state index is 0.0844. The number of thiophene rings is 1. The maximum atomic E-state index is 13.1. The summed E-state index contributed by atoms with van der Waals surface area (Å²) >= 11 is 5.49. The highest BCUT2D eigenvalue weighted by Crippen LogP contribution is 2.64. The molecule has 3 atom stereocenters. The summed E-state index contributed by atoms with van der Waals surface area (Å²) in [4.78, 5) is 14.0. The quantitative estimate of drug-likeness (QED) is 0.490. The smallest absolute Gasteiger partial charge is 0.312 e. The summed E-state index contributed by atoms with van der Waals surface area (Å²) in [6.07, 6.45) is 5.96. The van der Waals surface area contributed by atoms with Crippen molar-refractivity contribution in [1.82, 2.24) is 10.2 Å². The largest absolute Gasteiger partial charge is 0.452 e. The van der Waals surface area contributed by atoms with Crippen LogP contribution in [0.2, 0.25) is 0 Å². The van der Waals surface area contributed by atoms with Gasteiger partial charge in [-0.05, 0) is 68.7 Å². The van der Waals surface area contributed by atoms with Crippen molar-refractivity contribution in [3.63, 3.8) is 0 Å². The second-order valence-corrected chi connectivity index (χ2v) is 11.0. The topological polar surface area (TPSA) is 65.2 Å². The van der Waals surface area contributed by atoms with Crippen LogP contribution >= 0.6 is 27.3 Å². The van der Waals surface area contributed by atoms with Gasteiger partial charge in [0.2, 0.25) is 0 Å². The lowest BCUT2D eigenvalue weighted by molar-refractivity contribution is -0.175. The zero-order valence-electron chi connectivity index (χ0n) is 14.6. The monoisotopic (exact) mass is 436 g/mol. The van der Waals surface area contributed by atoms with E-state index in [1.54, 1.807) is 11.3 Å². The van der Waals surface area contributed by atoms with Gasteiger partial charge >= 0.3 is 5.97 Å². The Kier molecular flexibility index (Phi) is 3.84. The van der Waals surface area contributed by atoms with Crippen LogP contribution in [0.25, 0.3) is 10.8 Å². The first-order chi connectivity index (χ1) is 12.4. The molecule has 4 saturated carbocycles. The molecule has 0 radical (unpaired) electrons. The molecule has 4 aliphatic rings. The van der Waals surface area contributed by atoms with Gasteiger partial charge in [-0.2, -0.15) is 0 Å². The van der Waals surface area contributed by atoms with E-state index in [-0.39, 0.29) is 15.7 Å². The molecule has 4 aliphatic carbocycles. The third-order valence-corrected chi connectivity index (χ3v) is 8.01. The van der Waals surface area contributed by atoms with E-state index in [0.29, 0.717) is 23.6 Å². The molecule has 2 heterocycles. The van der Waals surface area contributed by atoms with E-state index in [1.165, 1.54) is 19.3 Å². The average Bonchev–Trinajstić information content (AvgIpc) is 3.24. The predicted octanol–water partition coefficient (Wildman–Crippen LogP) is 5.14. The number of ether oxygens (including phenoxy) is 1. The normalized spacial score (nSPS) is 36.2. The number of carbonyl (C=O) groups is 1. The Morgan fingerprint density at radius 1 is 1.35 bits per heavy atom. The molecule has 0 aliphatic heterocycles. The number of carbonyl (C=O) groups excluding carboxylic acids is 1. The second kappa shape index (κ2) is 5.89. The van der Waals surface area contributed by atoms with Gasteiger partial charge in [0, 0.05) is 4.32 Å². The first-order valence-electron chi connectivity index (χ1n) is 9.22. The summed E-state index contributed by atoms with van der Waals surface area (Å²) in [7, 11) is 0. The fourth-order valence-corrected chi connectivity index (χ4v) is 7.72. The Bertz CT molecular complexity index is 820. The van der Waals surface area contributed by atoms with Crippen LogP contribution in [0.5, 0.6) is 0 Å². The number of alkyl halides is 1. The number of hydrogen-bond acceptors (Lipinski definition) is 6. The van der Waals surface area contributed by atoms with Crippen molar-refractivity contribution in [2.24, 2.45) is 17.3 Å². The van der Waals surface area contributed by atoms with Gasteiger partial charge in [0.15, 0.2) is 6.10 Å². The molecule has 6 rings (SSSR count). The molecule has 5 nitrogen and oxygen atoms in total.